The summed E-state index contributed by atoms with van der Waals surface area (Å²) in [5, 5.41) is 6.12. The number of rotatable bonds is 9. The van der Waals surface area contributed by atoms with E-state index in [1.807, 2.05) is 77.9 Å². The van der Waals surface area contributed by atoms with Gasteiger partial charge in [0.25, 0.3) is 5.91 Å². The highest BCUT2D eigenvalue weighted by Crippen LogP contribution is 2.31. The molecule has 7 nitrogen and oxygen atoms in total. The molecule has 2 aromatic rings. The van der Waals surface area contributed by atoms with Gasteiger partial charge in [-0.25, -0.2) is 4.79 Å². The van der Waals surface area contributed by atoms with Crippen LogP contribution in [0.15, 0.2) is 42.5 Å². The predicted octanol–water partition coefficient (Wildman–Crippen LogP) is 6.81. The lowest BCUT2D eigenvalue weighted by atomic mass is 9.97. The molecule has 0 saturated heterocycles. The maximum absolute atomic E-state index is 14.1. The Kier molecular flexibility index (Phi) is 10.8. The fraction of sp³-hybridized carbons (Fsp3) is 0.500. The molecule has 38 heavy (non-hydrogen) atoms. The Morgan fingerprint density at radius 1 is 0.974 bits per heavy atom. The SMILES string of the molecule is Cc1ccc(C(C(=O)Nc2c(C)cccc2Cl)N(C(=O)C(CC(C)C)NC(=O)OC(C)(C)C)C(C)C)cc1. The van der Waals surface area contributed by atoms with E-state index in [2.05, 4.69) is 10.6 Å². The summed E-state index contributed by atoms with van der Waals surface area (Å²) in [6, 6.07) is 10.7. The molecule has 0 heterocycles. The van der Waals surface area contributed by atoms with Crippen LogP contribution in [0.2, 0.25) is 5.02 Å². The van der Waals surface area contributed by atoms with Crippen molar-refractivity contribution in [1.29, 1.82) is 0 Å². The summed E-state index contributed by atoms with van der Waals surface area (Å²) in [4.78, 5) is 42.3. The summed E-state index contributed by atoms with van der Waals surface area (Å²) in [7, 11) is 0. The zero-order valence-electron chi connectivity index (χ0n) is 24.0. The first-order valence-electron chi connectivity index (χ1n) is 13.0. The quantitative estimate of drug-likeness (QED) is 0.363. The number of benzene rings is 2. The van der Waals surface area contributed by atoms with E-state index in [0.717, 1.165) is 11.1 Å². The second kappa shape index (κ2) is 13.1. The third kappa shape index (κ3) is 8.76. The van der Waals surface area contributed by atoms with Gasteiger partial charge in [0.2, 0.25) is 5.91 Å². The zero-order valence-corrected chi connectivity index (χ0v) is 24.8. The lowest BCUT2D eigenvalue weighted by Gasteiger charge is -2.37. The van der Waals surface area contributed by atoms with Crippen LogP contribution in [-0.2, 0) is 14.3 Å². The van der Waals surface area contributed by atoms with Crippen LogP contribution >= 0.6 is 11.6 Å². The molecule has 3 amide bonds. The van der Waals surface area contributed by atoms with Crippen LogP contribution < -0.4 is 10.6 Å². The van der Waals surface area contributed by atoms with Gasteiger partial charge in [-0.3, -0.25) is 9.59 Å². The van der Waals surface area contributed by atoms with Crippen molar-refractivity contribution >= 4 is 35.2 Å². The maximum Gasteiger partial charge on any atom is 0.408 e. The van der Waals surface area contributed by atoms with E-state index in [9.17, 15) is 14.4 Å². The van der Waals surface area contributed by atoms with Gasteiger partial charge in [-0.05, 0) is 78.0 Å². The van der Waals surface area contributed by atoms with Crippen molar-refractivity contribution in [2.24, 2.45) is 5.92 Å². The van der Waals surface area contributed by atoms with E-state index >= 15 is 0 Å². The van der Waals surface area contributed by atoms with Crippen molar-refractivity contribution in [1.82, 2.24) is 10.2 Å². The average Bonchev–Trinajstić information content (AvgIpc) is 2.78. The van der Waals surface area contributed by atoms with Gasteiger partial charge in [0, 0.05) is 6.04 Å². The molecular formula is C30H42ClN3O4. The Bertz CT molecular complexity index is 1100. The van der Waals surface area contributed by atoms with Gasteiger partial charge in [0.15, 0.2) is 0 Å². The van der Waals surface area contributed by atoms with Gasteiger partial charge in [-0.2, -0.15) is 0 Å². The van der Waals surface area contributed by atoms with Crippen LogP contribution in [0.4, 0.5) is 10.5 Å². The summed E-state index contributed by atoms with van der Waals surface area (Å²) in [5.41, 5.74) is 2.27. The first-order chi connectivity index (χ1) is 17.6. The van der Waals surface area contributed by atoms with Gasteiger partial charge in [0.05, 0.1) is 10.7 Å². The molecule has 0 fully saturated rings. The summed E-state index contributed by atoms with van der Waals surface area (Å²) >= 11 is 6.41. The Balaban J connectivity index is 2.55. The van der Waals surface area contributed by atoms with Crippen LogP contribution in [0, 0.1) is 19.8 Å². The molecule has 0 aliphatic rings. The third-order valence-electron chi connectivity index (χ3n) is 5.90. The number of hydrogen-bond donors (Lipinski definition) is 2. The lowest BCUT2D eigenvalue weighted by molar-refractivity contribution is -0.143. The van der Waals surface area contributed by atoms with E-state index in [-0.39, 0.29) is 17.9 Å². The minimum Gasteiger partial charge on any atom is -0.444 e. The van der Waals surface area contributed by atoms with E-state index in [0.29, 0.717) is 22.7 Å². The van der Waals surface area contributed by atoms with Crippen molar-refractivity contribution in [2.75, 3.05) is 5.32 Å². The normalized spacial score (nSPS) is 13.2. The molecule has 2 unspecified atom stereocenters. The van der Waals surface area contributed by atoms with E-state index in [1.165, 1.54) is 4.90 Å². The van der Waals surface area contributed by atoms with Crippen molar-refractivity contribution in [3.05, 3.63) is 64.2 Å². The number of para-hydroxylation sites is 1. The minimum atomic E-state index is -0.964. The summed E-state index contributed by atoms with van der Waals surface area (Å²) in [6.45, 7) is 16.8. The van der Waals surface area contributed by atoms with Crippen molar-refractivity contribution < 1.29 is 19.1 Å². The monoisotopic (exact) mass is 543 g/mol. The highest BCUT2D eigenvalue weighted by molar-refractivity contribution is 6.34. The molecule has 2 rings (SSSR count). The largest absolute Gasteiger partial charge is 0.444 e. The van der Waals surface area contributed by atoms with Gasteiger partial charge in [0.1, 0.15) is 17.7 Å². The summed E-state index contributed by atoms with van der Waals surface area (Å²) in [6.07, 6.45) is -0.295. The highest BCUT2D eigenvalue weighted by atomic mass is 35.5. The van der Waals surface area contributed by atoms with Gasteiger partial charge in [-0.15, -0.1) is 0 Å². The topological polar surface area (TPSA) is 87.7 Å². The number of carbonyl (C=O) groups excluding carboxylic acids is 3. The molecule has 2 aromatic carbocycles. The number of nitrogens with zero attached hydrogens (tertiary/aromatic N) is 1. The number of ether oxygens (including phenoxy) is 1. The van der Waals surface area contributed by atoms with Crippen molar-refractivity contribution in [3.63, 3.8) is 0 Å². The van der Waals surface area contributed by atoms with E-state index in [4.69, 9.17) is 16.3 Å². The van der Waals surface area contributed by atoms with Gasteiger partial charge >= 0.3 is 6.09 Å². The summed E-state index contributed by atoms with van der Waals surface area (Å²) in [5.74, 6) is -0.658. The third-order valence-corrected chi connectivity index (χ3v) is 6.21. The minimum absolute atomic E-state index is 0.102. The number of alkyl carbamates (subject to hydrolysis) is 1. The van der Waals surface area contributed by atoms with Crippen molar-refractivity contribution in [3.8, 4) is 0 Å². The Morgan fingerprint density at radius 3 is 2.08 bits per heavy atom. The maximum atomic E-state index is 14.1. The Hall–Kier alpha value is -3.06. The standard InChI is InChI=1S/C30H42ClN3O4/c1-18(2)17-24(32-29(37)38-30(7,8)9)28(36)34(19(3)4)26(22-15-13-20(5)14-16-22)27(35)33-25-21(6)11-10-12-23(25)31/h10-16,18-19,24,26H,17H2,1-9H3,(H,32,37)(H,33,35). The average molecular weight is 544 g/mol. The van der Waals surface area contributed by atoms with Crippen LogP contribution in [0.3, 0.4) is 0 Å². The molecular weight excluding hydrogens is 502 g/mol. The smallest absolute Gasteiger partial charge is 0.408 e. The lowest BCUT2D eigenvalue weighted by Crippen LogP contribution is -2.54. The fourth-order valence-corrected chi connectivity index (χ4v) is 4.44. The number of amides is 3. The molecule has 0 saturated carbocycles. The molecule has 208 valence electrons. The van der Waals surface area contributed by atoms with E-state index in [1.54, 1.807) is 26.8 Å². The molecule has 0 aromatic heterocycles. The predicted molar refractivity (Wildman–Crippen MR) is 153 cm³/mol. The molecule has 2 atom stereocenters. The second-order valence-electron chi connectivity index (χ2n) is 11.4. The molecule has 0 aliphatic heterocycles. The molecule has 0 aliphatic carbocycles. The van der Waals surface area contributed by atoms with Crippen LogP contribution in [0.5, 0.6) is 0 Å². The first kappa shape index (κ1) is 31.2. The van der Waals surface area contributed by atoms with Gasteiger partial charge in [-0.1, -0.05) is 67.4 Å². The number of anilines is 1. The highest BCUT2D eigenvalue weighted by Gasteiger charge is 2.38. The molecule has 0 radical (unpaired) electrons. The number of aryl methyl sites for hydroxylation is 2. The Labute approximate surface area is 232 Å². The van der Waals surface area contributed by atoms with Crippen molar-refractivity contribution in [2.45, 2.75) is 92.5 Å². The summed E-state index contributed by atoms with van der Waals surface area (Å²) < 4.78 is 5.44. The first-order valence-corrected chi connectivity index (χ1v) is 13.4. The zero-order chi connectivity index (χ0) is 28.8. The van der Waals surface area contributed by atoms with Crippen LogP contribution in [0.1, 0.15) is 77.6 Å². The molecule has 0 bridgehead atoms. The van der Waals surface area contributed by atoms with Gasteiger partial charge < -0.3 is 20.3 Å². The number of nitrogens with one attached hydrogen (secondary N) is 2. The number of halogens is 1. The molecule has 0 spiro atoms. The second-order valence-corrected chi connectivity index (χ2v) is 11.8. The van der Waals surface area contributed by atoms with E-state index < -0.39 is 29.7 Å². The fourth-order valence-electron chi connectivity index (χ4n) is 4.17. The molecule has 2 N–H and O–H groups in total. The Morgan fingerprint density at radius 2 is 1.58 bits per heavy atom. The number of carbonyl (C=O) groups is 3. The molecule has 8 heteroatoms. The van der Waals surface area contributed by atoms with Crippen LogP contribution in [0.25, 0.3) is 0 Å². The van der Waals surface area contributed by atoms with Crippen LogP contribution in [-0.4, -0.2) is 40.5 Å². The number of hydrogen-bond acceptors (Lipinski definition) is 4.